The highest BCUT2D eigenvalue weighted by Gasteiger charge is 2.35. The molecule has 1 saturated heterocycles. The molecule has 1 fully saturated rings. The van der Waals surface area contributed by atoms with Crippen LogP contribution in [-0.4, -0.2) is 16.6 Å². The summed E-state index contributed by atoms with van der Waals surface area (Å²) in [6, 6.07) is 8.24. The van der Waals surface area contributed by atoms with E-state index in [9.17, 15) is 9.18 Å². The number of halogens is 1. The maximum atomic E-state index is 13.0. The van der Waals surface area contributed by atoms with Crippen LogP contribution in [0.3, 0.4) is 0 Å². The second-order valence-corrected chi connectivity index (χ2v) is 6.27. The number of furan rings is 1. The molecule has 0 aliphatic carbocycles. The van der Waals surface area contributed by atoms with Gasteiger partial charge in [0.2, 0.25) is 5.91 Å². The number of amides is 1. The van der Waals surface area contributed by atoms with Crippen molar-refractivity contribution < 1.29 is 13.6 Å². The van der Waals surface area contributed by atoms with E-state index < -0.39 is 0 Å². The predicted molar refractivity (Wildman–Crippen MR) is 80.3 cm³/mol. The van der Waals surface area contributed by atoms with Crippen LogP contribution in [0.4, 0.5) is 4.39 Å². The molecule has 110 valence electrons. The number of aryl methyl sites for hydroxylation is 2. The fourth-order valence-electron chi connectivity index (χ4n) is 2.37. The fourth-order valence-corrected chi connectivity index (χ4v) is 3.49. The minimum Gasteiger partial charge on any atom is -0.463 e. The first-order valence-electron chi connectivity index (χ1n) is 6.77. The normalized spacial score (nSPS) is 18.5. The zero-order valence-corrected chi connectivity index (χ0v) is 12.7. The lowest BCUT2D eigenvalue weighted by Gasteiger charge is -2.22. The number of hydrogen-bond donors (Lipinski definition) is 0. The molecule has 1 aromatic carbocycles. The number of carbonyl (C=O) groups is 1. The van der Waals surface area contributed by atoms with Crippen LogP contribution >= 0.6 is 11.8 Å². The lowest BCUT2D eigenvalue weighted by molar-refractivity contribution is -0.128. The van der Waals surface area contributed by atoms with Gasteiger partial charge in [0.1, 0.15) is 22.7 Å². The Kier molecular flexibility index (Phi) is 3.76. The van der Waals surface area contributed by atoms with Crippen LogP contribution in [0.2, 0.25) is 0 Å². The summed E-state index contributed by atoms with van der Waals surface area (Å²) < 4.78 is 18.7. The second kappa shape index (κ2) is 5.56. The molecule has 0 N–H and O–H groups in total. The maximum Gasteiger partial charge on any atom is 0.234 e. The molecule has 1 amide bonds. The number of benzene rings is 1. The zero-order valence-electron chi connectivity index (χ0n) is 11.9. The molecule has 1 unspecified atom stereocenters. The van der Waals surface area contributed by atoms with Gasteiger partial charge in [-0.05, 0) is 43.2 Å². The van der Waals surface area contributed by atoms with Gasteiger partial charge in [-0.3, -0.25) is 4.79 Å². The first kappa shape index (κ1) is 14.2. The van der Waals surface area contributed by atoms with Crippen LogP contribution < -0.4 is 0 Å². The van der Waals surface area contributed by atoms with Crippen molar-refractivity contribution in [3.05, 3.63) is 58.8 Å². The molecule has 0 radical (unpaired) electrons. The van der Waals surface area contributed by atoms with E-state index in [1.54, 1.807) is 28.8 Å². The number of nitrogens with zero attached hydrogens (tertiary/aromatic N) is 1. The molecule has 0 bridgehead atoms. The summed E-state index contributed by atoms with van der Waals surface area (Å²) in [5.41, 5.74) is 2.00. The summed E-state index contributed by atoms with van der Waals surface area (Å²) in [6.07, 6.45) is 0. The standard InChI is InChI=1S/C16H16FNO2S/c1-10-7-14(20-11(10)2)16-18(15(19)9-21-16)8-12-3-5-13(17)6-4-12/h3-7,16H,8-9H2,1-2H3. The molecular weight excluding hydrogens is 289 g/mol. The molecule has 0 saturated carbocycles. The van der Waals surface area contributed by atoms with Crippen molar-refractivity contribution in [1.82, 2.24) is 4.90 Å². The molecule has 0 spiro atoms. The summed E-state index contributed by atoms with van der Waals surface area (Å²) >= 11 is 1.56. The van der Waals surface area contributed by atoms with Crippen molar-refractivity contribution in [2.45, 2.75) is 25.8 Å². The molecule has 1 aliphatic rings. The van der Waals surface area contributed by atoms with Crippen LogP contribution in [0.5, 0.6) is 0 Å². The van der Waals surface area contributed by atoms with E-state index in [0.717, 1.165) is 22.6 Å². The van der Waals surface area contributed by atoms with Gasteiger partial charge >= 0.3 is 0 Å². The topological polar surface area (TPSA) is 33.5 Å². The van der Waals surface area contributed by atoms with Crippen LogP contribution in [0.15, 0.2) is 34.7 Å². The van der Waals surface area contributed by atoms with Gasteiger partial charge in [0.05, 0.1) is 5.75 Å². The number of hydrogen-bond acceptors (Lipinski definition) is 3. The third kappa shape index (κ3) is 2.83. The summed E-state index contributed by atoms with van der Waals surface area (Å²) in [7, 11) is 0. The van der Waals surface area contributed by atoms with Crippen LogP contribution in [0.1, 0.15) is 28.0 Å². The Bertz CT molecular complexity index is 646. The first-order valence-corrected chi connectivity index (χ1v) is 7.82. The summed E-state index contributed by atoms with van der Waals surface area (Å²) in [4.78, 5) is 13.9. The predicted octanol–water partition coefficient (Wildman–Crippen LogP) is 3.81. The quantitative estimate of drug-likeness (QED) is 0.864. The Hall–Kier alpha value is -1.75. The smallest absolute Gasteiger partial charge is 0.234 e. The molecule has 21 heavy (non-hydrogen) atoms. The Morgan fingerprint density at radius 3 is 2.67 bits per heavy atom. The van der Waals surface area contributed by atoms with E-state index >= 15 is 0 Å². The SMILES string of the molecule is Cc1cc(C2SCC(=O)N2Cc2ccc(F)cc2)oc1C. The Balaban J connectivity index is 1.84. The van der Waals surface area contributed by atoms with E-state index in [-0.39, 0.29) is 17.1 Å². The molecule has 3 rings (SSSR count). The van der Waals surface area contributed by atoms with Gasteiger partial charge in [-0.2, -0.15) is 0 Å². The van der Waals surface area contributed by atoms with E-state index in [1.165, 1.54) is 12.1 Å². The monoisotopic (exact) mass is 305 g/mol. The highest BCUT2D eigenvalue weighted by atomic mass is 32.2. The van der Waals surface area contributed by atoms with Crippen LogP contribution in [0, 0.1) is 19.7 Å². The number of carbonyl (C=O) groups excluding carboxylic acids is 1. The molecule has 1 atom stereocenters. The van der Waals surface area contributed by atoms with Crippen molar-refractivity contribution in [3.63, 3.8) is 0 Å². The molecular formula is C16H16FNO2S. The van der Waals surface area contributed by atoms with Crippen molar-refractivity contribution in [2.75, 3.05) is 5.75 Å². The largest absolute Gasteiger partial charge is 0.463 e. The average Bonchev–Trinajstić information content (AvgIpc) is 2.97. The van der Waals surface area contributed by atoms with Gasteiger partial charge in [-0.15, -0.1) is 11.8 Å². The maximum absolute atomic E-state index is 13.0. The third-order valence-electron chi connectivity index (χ3n) is 3.66. The van der Waals surface area contributed by atoms with Crippen molar-refractivity contribution in [2.24, 2.45) is 0 Å². The highest BCUT2D eigenvalue weighted by Crippen LogP contribution is 2.40. The summed E-state index contributed by atoms with van der Waals surface area (Å²) in [5, 5.41) is -0.102. The summed E-state index contributed by atoms with van der Waals surface area (Å²) in [5.74, 6) is 1.95. The molecule has 5 heteroatoms. The molecule has 3 nitrogen and oxygen atoms in total. The molecule has 2 aromatic rings. The fraction of sp³-hybridized carbons (Fsp3) is 0.312. The van der Waals surface area contributed by atoms with E-state index in [4.69, 9.17) is 4.42 Å². The Morgan fingerprint density at radius 1 is 1.33 bits per heavy atom. The van der Waals surface area contributed by atoms with Gasteiger partial charge in [0.25, 0.3) is 0 Å². The zero-order chi connectivity index (χ0) is 15.0. The molecule has 1 aromatic heterocycles. The molecule has 2 heterocycles. The van der Waals surface area contributed by atoms with Crippen molar-refractivity contribution in [1.29, 1.82) is 0 Å². The Labute approximate surface area is 127 Å². The van der Waals surface area contributed by atoms with Crippen LogP contribution in [0.25, 0.3) is 0 Å². The highest BCUT2D eigenvalue weighted by molar-refractivity contribution is 8.00. The van der Waals surface area contributed by atoms with E-state index in [0.29, 0.717) is 12.3 Å². The first-order chi connectivity index (χ1) is 10.0. The van der Waals surface area contributed by atoms with Gasteiger partial charge in [-0.25, -0.2) is 4.39 Å². The Morgan fingerprint density at radius 2 is 2.05 bits per heavy atom. The summed E-state index contributed by atoms with van der Waals surface area (Å²) in [6.45, 7) is 4.38. The lowest BCUT2D eigenvalue weighted by atomic mass is 10.2. The third-order valence-corrected chi connectivity index (χ3v) is 4.88. The molecule has 1 aliphatic heterocycles. The lowest BCUT2D eigenvalue weighted by Crippen LogP contribution is -2.27. The second-order valence-electron chi connectivity index (χ2n) is 5.20. The van der Waals surface area contributed by atoms with Gasteiger partial charge in [0, 0.05) is 6.54 Å². The van der Waals surface area contributed by atoms with Gasteiger partial charge in [-0.1, -0.05) is 12.1 Å². The number of thioether (sulfide) groups is 1. The van der Waals surface area contributed by atoms with Crippen LogP contribution in [-0.2, 0) is 11.3 Å². The van der Waals surface area contributed by atoms with Crippen molar-refractivity contribution >= 4 is 17.7 Å². The number of rotatable bonds is 3. The minimum absolute atomic E-state index is 0.0843. The minimum atomic E-state index is -0.269. The van der Waals surface area contributed by atoms with Crippen molar-refractivity contribution in [3.8, 4) is 0 Å². The van der Waals surface area contributed by atoms with E-state index in [1.807, 2.05) is 19.9 Å². The average molecular weight is 305 g/mol. The van der Waals surface area contributed by atoms with E-state index in [2.05, 4.69) is 0 Å². The van der Waals surface area contributed by atoms with Gasteiger partial charge in [0.15, 0.2) is 0 Å². The van der Waals surface area contributed by atoms with Gasteiger partial charge < -0.3 is 9.32 Å².